The lowest BCUT2D eigenvalue weighted by atomic mass is 10.5. The zero-order valence-electron chi connectivity index (χ0n) is 4.11. The molecule has 0 amide bonds. The van der Waals surface area contributed by atoms with Crippen molar-refractivity contribution < 1.29 is 19.9 Å². The molecule has 0 aromatic carbocycles. The molecule has 45 valence electrons. The predicted molar refractivity (Wildman–Crippen MR) is 28.0 cm³/mol. The quantitative estimate of drug-likeness (QED) is 0.296. The van der Waals surface area contributed by atoms with Gasteiger partial charge in [-0.15, -0.1) is 0 Å². The fourth-order valence-electron chi connectivity index (χ4n) is 0. The lowest BCUT2D eigenvalue weighted by Gasteiger charge is -1.64. The molecule has 3 N–H and O–H groups in total. The molecule has 0 aromatic heterocycles. The molecule has 0 fully saturated rings. The van der Waals surface area contributed by atoms with Crippen molar-refractivity contribution in [1.82, 2.24) is 0 Å². The Balaban J connectivity index is 0. The standard InChI is InChI=1S/C3H4O2.BH2O2/c1-2-3(4)5;2-1-3/h2H,1H2,(H,4,5);2-3H. The molecule has 0 atom stereocenters. The van der Waals surface area contributed by atoms with Crippen LogP contribution in [-0.2, 0) is 4.79 Å². The largest absolute Gasteiger partial charge is 0.482 e. The van der Waals surface area contributed by atoms with E-state index < -0.39 is 5.97 Å². The van der Waals surface area contributed by atoms with Crippen LogP contribution in [0.4, 0.5) is 0 Å². The van der Waals surface area contributed by atoms with E-state index in [1.54, 1.807) is 0 Å². The third-order valence-corrected chi connectivity index (χ3v) is 0.175. The van der Waals surface area contributed by atoms with E-state index in [0.717, 1.165) is 6.08 Å². The molecule has 8 heavy (non-hydrogen) atoms. The molecule has 0 saturated carbocycles. The lowest BCUT2D eigenvalue weighted by Crippen LogP contribution is -1.82. The molecule has 1 radical (unpaired) electrons. The average molecular weight is 117 g/mol. The minimum absolute atomic E-state index is 0. The highest BCUT2D eigenvalue weighted by atomic mass is 16.4. The molecule has 0 spiro atoms. The highest BCUT2D eigenvalue weighted by Gasteiger charge is 1.73. The average Bonchev–Trinajstić information content (AvgIpc) is 1.69. The first kappa shape index (κ1) is 10.2. The van der Waals surface area contributed by atoms with Crippen molar-refractivity contribution in [3.63, 3.8) is 0 Å². The van der Waals surface area contributed by atoms with Gasteiger partial charge < -0.3 is 15.2 Å². The second-order valence-corrected chi connectivity index (χ2v) is 0.658. The Morgan fingerprint density at radius 1 is 1.62 bits per heavy atom. The maximum atomic E-state index is 9.25. The topological polar surface area (TPSA) is 77.8 Å². The maximum Gasteiger partial charge on any atom is 0.482 e. The van der Waals surface area contributed by atoms with Gasteiger partial charge in [0, 0.05) is 6.08 Å². The Kier molecular flexibility index (Phi) is 12.2. The summed E-state index contributed by atoms with van der Waals surface area (Å²) in [7, 11) is 0. The minimum Gasteiger partial charge on any atom is -0.478 e. The highest BCUT2D eigenvalue weighted by molar-refractivity contribution is 6.13. The van der Waals surface area contributed by atoms with E-state index in [1.165, 1.54) is 0 Å². The van der Waals surface area contributed by atoms with E-state index in [2.05, 4.69) is 6.58 Å². The first-order valence-corrected chi connectivity index (χ1v) is 1.64. The predicted octanol–water partition coefficient (Wildman–Crippen LogP) is -1.24. The SMILES string of the molecule is C=CC(=O)O.O[B]O. The number of rotatable bonds is 1. The van der Waals surface area contributed by atoms with Crippen LogP contribution in [-0.4, -0.2) is 28.8 Å². The molecule has 0 aliphatic heterocycles. The third kappa shape index (κ3) is 64.0. The Bertz CT molecular complexity index is 71.7. The zero-order chi connectivity index (χ0) is 6.99. The second-order valence-electron chi connectivity index (χ2n) is 0.658. The molecular formula is C3H6BO4. The van der Waals surface area contributed by atoms with Gasteiger partial charge in [-0.2, -0.15) is 0 Å². The fraction of sp³-hybridized carbons (Fsp3) is 0. The molecule has 5 heteroatoms. The normalized spacial score (nSPS) is 5.75. The first-order valence-electron chi connectivity index (χ1n) is 1.64. The Morgan fingerprint density at radius 2 is 1.75 bits per heavy atom. The number of aliphatic carboxylic acids is 1. The van der Waals surface area contributed by atoms with Gasteiger partial charge in [-0.05, 0) is 0 Å². The first-order chi connectivity index (χ1) is 3.68. The summed E-state index contributed by atoms with van der Waals surface area (Å²) in [5, 5.41) is 21.6. The number of hydrogen-bond donors (Lipinski definition) is 3. The van der Waals surface area contributed by atoms with Crippen LogP contribution in [0.15, 0.2) is 12.7 Å². The van der Waals surface area contributed by atoms with Crippen molar-refractivity contribution in [2.45, 2.75) is 0 Å². The maximum absolute atomic E-state index is 9.25. The molecule has 0 aromatic rings. The number of carbonyl (C=O) groups is 1. The zero-order valence-corrected chi connectivity index (χ0v) is 4.11. The molecule has 0 aliphatic carbocycles. The minimum atomic E-state index is -0.981. The summed E-state index contributed by atoms with van der Waals surface area (Å²) in [6.45, 7) is 2.96. The second kappa shape index (κ2) is 9.50. The molecule has 0 bridgehead atoms. The van der Waals surface area contributed by atoms with E-state index in [4.69, 9.17) is 15.2 Å². The number of hydrogen-bond acceptors (Lipinski definition) is 3. The summed E-state index contributed by atoms with van der Waals surface area (Å²) in [4.78, 5) is 9.25. The van der Waals surface area contributed by atoms with Gasteiger partial charge in [0.2, 0.25) is 0 Å². The molecular weight excluding hydrogens is 111 g/mol. The van der Waals surface area contributed by atoms with Gasteiger partial charge in [0.25, 0.3) is 0 Å². The van der Waals surface area contributed by atoms with Crippen molar-refractivity contribution in [3.05, 3.63) is 12.7 Å². The summed E-state index contributed by atoms with van der Waals surface area (Å²) in [6, 6.07) is 0. The van der Waals surface area contributed by atoms with Crippen LogP contribution in [0.3, 0.4) is 0 Å². The van der Waals surface area contributed by atoms with Crippen molar-refractivity contribution in [3.8, 4) is 0 Å². The van der Waals surface area contributed by atoms with E-state index in [-0.39, 0.29) is 7.69 Å². The molecule has 0 rings (SSSR count). The molecule has 0 saturated heterocycles. The van der Waals surface area contributed by atoms with E-state index in [1.807, 2.05) is 0 Å². The number of carboxylic acid groups (broad SMARTS) is 1. The molecule has 0 heterocycles. The van der Waals surface area contributed by atoms with Crippen LogP contribution in [0.1, 0.15) is 0 Å². The van der Waals surface area contributed by atoms with Gasteiger partial charge in [0.05, 0.1) is 0 Å². The van der Waals surface area contributed by atoms with E-state index >= 15 is 0 Å². The Labute approximate surface area is 47.4 Å². The lowest BCUT2D eigenvalue weighted by molar-refractivity contribution is -0.131. The summed E-state index contributed by atoms with van der Waals surface area (Å²) in [6.07, 6.45) is 0.833. The van der Waals surface area contributed by atoms with Crippen LogP contribution in [0, 0.1) is 0 Å². The third-order valence-electron chi connectivity index (χ3n) is 0.175. The van der Waals surface area contributed by atoms with Gasteiger partial charge in [-0.3, -0.25) is 0 Å². The monoisotopic (exact) mass is 117 g/mol. The van der Waals surface area contributed by atoms with Gasteiger partial charge in [0.1, 0.15) is 0 Å². The van der Waals surface area contributed by atoms with Gasteiger partial charge in [0.15, 0.2) is 0 Å². The van der Waals surface area contributed by atoms with Crippen molar-refractivity contribution >= 4 is 13.7 Å². The summed E-state index contributed by atoms with van der Waals surface area (Å²) < 4.78 is 0. The summed E-state index contributed by atoms with van der Waals surface area (Å²) in [5.41, 5.74) is 0. The molecule has 0 unspecified atom stereocenters. The van der Waals surface area contributed by atoms with E-state index in [0.29, 0.717) is 0 Å². The van der Waals surface area contributed by atoms with Gasteiger partial charge in [-0.25, -0.2) is 4.79 Å². The van der Waals surface area contributed by atoms with Gasteiger partial charge in [-0.1, -0.05) is 6.58 Å². The van der Waals surface area contributed by atoms with Crippen LogP contribution in [0.2, 0.25) is 0 Å². The van der Waals surface area contributed by atoms with Crippen LogP contribution < -0.4 is 0 Å². The smallest absolute Gasteiger partial charge is 0.478 e. The summed E-state index contributed by atoms with van der Waals surface area (Å²) >= 11 is 0. The fourth-order valence-corrected chi connectivity index (χ4v) is 0. The molecule has 4 nitrogen and oxygen atoms in total. The van der Waals surface area contributed by atoms with Crippen LogP contribution in [0.5, 0.6) is 0 Å². The van der Waals surface area contributed by atoms with Crippen molar-refractivity contribution in [2.24, 2.45) is 0 Å². The van der Waals surface area contributed by atoms with Crippen LogP contribution >= 0.6 is 0 Å². The van der Waals surface area contributed by atoms with Crippen molar-refractivity contribution in [1.29, 1.82) is 0 Å². The number of carboxylic acids is 1. The van der Waals surface area contributed by atoms with Crippen LogP contribution in [0.25, 0.3) is 0 Å². The molecule has 0 aliphatic rings. The van der Waals surface area contributed by atoms with E-state index in [9.17, 15) is 4.79 Å². The van der Waals surface area contributed by atoms with Gasteiger partial charge >= 0.3 is 13.7 Å². The summed E-state index contributed by atoms with van der Waals surface area (Å²) in [5.74, 6) is -0.981. The van der Waals surface area contributed by atoms with Crippen molar-refractivity contribution in [2.75, 3.05) is 0 Å². The highest BCUT2D eigenvalue weighted by Crippen LogP contribution is 1.54. The Hall–Kier alpha value is -0.805. The Morgan fingerprint density at radius 3 is 1.75 bits per heavy atom.